The lowest BCUT2D eigenvalue weighted by Gasteiger charge is -2.22. The molecule has 1 amide bonds. The van der Waals surface area contributed by atoms with Crippen molar-refractivity contribution in [1.82, 2.24) is 5.32 Å². The molecular weight excluding hydrogens is 231 g/mol. The molecule has 0 radical (unpaired) electrons. The highest BCUT2D eigenvalue weighted by Gasteiger charge is 2.14. The van der Waals surface area contributed by atoms with Crippen molar-refractivity contribution in [2.24, 2.45) is 5.92 Å². The molecule has 1 saturated heterocycles. The van der Waals surface area contributed by atoms with Gasteiger partial charge in [-0.15, -0.1) is 0 Å². The molecule has 1 heterocycles. The van der Waals surface area contributed by atoms with Gasteiger partial charge < -0.3 is 10.6 Å². The number of hydrogen-bond donors (Lipinski definition) is 2. The molecule has 1 aliphatic heterocycles. The van der Waals surface area contributed by atoms with Crippen LogP contribution in [0.4, 0.5) is 10.1 Å². The molecule has 18 heavy (non-hydrogen) atoms. The fourth-order valence-corrected chi connectivity index (χ4v) is 2.28. The van der Waals surface area contributed by atoms with Gasteiger partial charge in [0.15, 0.2) is 0 Å². The zero-order chi connectivity index (χ0) is 12.8. The second-order valence-electron chi connectivity index (χ2n) is 4.78. The van der Waals surface area contributed by atoms with Crippen molar-refractivity contribution in [3.63, 3.8) is 0 Å². The summed E-state index contributed by atoms with van der Waals surface area (Å²) in [6, 6.07) is 6.25. The van der Waals surface area contributed by atoms with Gasteiger partial charge in [0.2, 0.25) is 5.91 Å². The first-order chi connectivity index (χ1) is 8.75. The number of anilines is 1. The Bertz CT molecular complexity index is 403. The number of rotatable bonds is 4. The van der Waals surface area contributed by atoms with Crippen LogP contribution in [0.3, 0.4) is 0 Å². The summed E-state index contributed by atoms with van der Waals surface area (Å²) in [6.45, 7) is 2.07. The normalized spacial score (nSPS) is 19.5. The molecule has 0 bridgehead atoms. The van der Waals surface area contributed by atoms with E-state index in [1.807, 2.05) is 0 Å². The van der Waals surface area contributed by atoms with Crippen LogP contribution in [-0.4, -0.2) is 19.0 Å². The van der Waals surface area contributed by atoms with Crippen molar-refractivity contribution < 1.29 is 9.18 Å². The second-order valence-corrected chi connectivity index (χ2v) is 4.78. The van der Waals surface area contributed by atoms with E-state index < -0.39 is 0 Å². The number of amides is 1. The summed E-state index contributed by atoms with van der Waals surface area (Å²) in [6.07, 6.45) is 3.69. The third kappa shape index (κ3) is 3.81. The van der Waals surface area contributed by atoms with Gasteiger partial charge in [0.1, 0.15) is 5.82 Å². The maximum absolute atomic E-state index is 13.3. The SMILES string of the molecule is O=C(CCC1CCCNC1)Nc1ccccc1F. The Labute approximate surface area is 107 Å². The molecular formula is C14H19FN2O. The number of para-hydroxylation sites is 1. The van der Waals surface area contributed by atoms with Crippen LogP contribution in [0.1, 0.15) is 25.7 Å². The zero-order valence-electron chi connectivity index (χ0n) is 10.4. The number of benzene rings is 1. The third-order valence-electron chi connectivity index (χ3n) is 3.33. The molecule has 2 N–H and O–H groups in total. The molecule has 1 aromatic carbocycles. The fraction of sp³-hybridized carbons (Fsp3) is 0.500. The first kappa shape index (κ1) is 13.0. The van der Waals surface area contributed by atoms with Crippen LogP contribution >= 0.6 is 0 Å². The van der Waals surface area contributed by atoms with Crippen LogP contribution in [0, 0.1) is 11.7 Å². The van der Waals surface area contributed by atoms with Gasteiger partial charge in [0.05, 0.1) is 5.69 Å². The van der Waals surface area contributed by atoms with Crippen LogP contribution in [0.2, 0.25) is 0 Å². The molecule has 0 spiro atoms. The van der Waals surface area contributed by atoms with E-state index in [2.05, 4.69) is 10.6 Å². The molecule has 1 fully saturated rings. The van der Waals surface area contributed by atoms with Crippen LogP contribution < -0.4 is 10.6 Å². The summed E-state index contributed by atoms with van der Waals surface area (Å²) in [5.74, 6) is 0.0842. The number of piperidine rings is 1. The molecule has 3 nitrogen and oxygen atoms in total. The molecule has 0 saturated carbocycles. The highest BCUT2D eigenvalue weighted by atomic mass is 19.1. The monoisotopic (exact) mass is 250 g/mol. The van der Waals surface area contributed by atoms with Crippen molar-refractivity contribution >= 4 is 11.6 Å². The summed E-state index contributed by atoms with van der Waals surface area (Å²) in [7, 11) is 0. The zero-order valence-corrected chi connectivity index (χ0v) is 10.4. The van der Waals surface area contributed by atoms with E-state index in [9.17, 15) is 9.18 Å². The Morgan fingerprint density at radius 3 is 3.00 bits per heavy atom. The van der Waals surface area contributed by atoms with Gasteiger partial charge in [-0.2, -0.15) is 0 Å². The smallest absolute Gasteiger partial charge is 0.224 e. The average molecular weight is 250 g/mol. The van der Waals surface area contributed by atoms with E-state index in [1.54, 1.807) is 18.2 Å². The lowest BCUT2D eigenvalue weighted by Crippen LogP contribution is -2.30. The minimum Gasteiger partial charge on any atom is -0.324 e. The van der Waals surface area contributed by atoms with Gasteiger partial charge >= 0.3 is 0 Å². The van der Waals surface area contributed by atoms with Gasteiger partial charge in [0, 0.05) is 6.42 Å². The highest BCUT2D eigenvalue weighted by molar-refractivity contribution is 5.90. The molecule has 0 aromatic heterocycles. The van der Waals surface area contributed by atoms with Crippen LogP contribution in [0.5, 0.6) is 0 Å². The van der Waals surface area contributed by atoms with Gasteiger partial charge in [0.25, 0.3) is 0 Å². The maximum atomic E-state index is 13.3. The molecule has 1 aromatic rings. The van der Waals surface area contributed by atoms with Crippen LogP contribution in [0.15, 0.2) is 24.3 Å². The van der Waals surface area contributed by atoms with Gasteiger partial charge in [-0.25, -0.2) is 4.39 Å². The van der Waals surface area contributed by atoms with E-state index in [0.29, 0.717) is 12.3 Å². The number of carbonyl (C=O) groups excluding carboxylic acids is 1. The Morgan fingerprint density at radius 2 is 2.28 bits per heavy atom. The summed E-state index contributed by atoms with van der Waals surface area (Å²) in [4.78, 5) is 11.7. The van der Waals surface area contributed by atoms with Crippen molar-refractivity contribution in [3.8, 4) is 0 Å². The van der Waals surface area contributed by atoms with E-state index in [0.717, 1.165) is 19.5 Å². The fourth-order valence-electron chi connectivity index (χ4n) is 2.28. The predicted molar refractivity (Wildman–Crippen MR) is 69.9 cm³/mol. The summed E-state index contributed by atoms with van der Waals surface area (Å²) >= 11 is 0. The van der Waals surface area contributed by atoms with E-state index in [1.165, 1.54) is 18.9 Å². The first-order valence-corrected chi connectivity index (χ1v) is 6.51. The second kappa shape index (κ2) is 6.50. The topological polar surface area (TPSA) is 41.1 Å². The Kier molecular flexibility index (Phi) is 4.70. The third-order valence-corrected chi connectivity index (χ3v) is 3.33. The average Bonchev–Trinajstić information content (AvgIpc) is 2.40. The van der Waals surface area contributed by atoms with Crippen LogP contribution in [-0.2, 0) is 4.79 Å². The lowest BCUT2D eigenvalue weighted by molar-refractivity contribution is -0.116. The van der Waals surface area contributed by atoms with E-state index in [-0.39, 0.29) is 17.4 Å². The molecule has 2 rings (SSSR count). The van der Waals surface area contributed by atoms with E-state index in [4.69, 9.17) is 0 Å². The van der Waals surface area contributed by atoms with E-state index >= 15 is 0 Å². The first-order valence-electron chi connectivity index (χ1n) is 6.51. The summed E-state index contributed by atoms with van der Waals surface area (Å²) in [5.41, 5.74) is 0.268. The molecule has 1 aliphatic rings. The highest BCUT2D eigenvalue weighted by Crippen LogP contribution is 2.17. The summed E-state index contributed by atoms with van der Waals surface area (Å²) in [5, 5.41) is 5.94. The minimum atomic E-state index is -0.384. The molecule has 1 atom stereocenters. The van der Waals surface area contributed by atoms with Crippen molar-refractivity contribution in [1.29, 1.82) is 0 Å². The van der Waals surface area contributed by atoms with Crippen molar-refractivity contribution in [3.05, 3.63) is 30.1 Å². The number of nitrogens with one attached hydrogen (secondary N) is 2. The standard InChI is InChI=1S/C14H19FN2O/c15-12-5-1-2-6-13(12)17-14(18)8-7-11-4-3-9-16-10-11/h1-2,5-6,11,16H,3-4,7-10H2,(H,17,18). The van der Waals surface area contributed by atoms with Gasteiger partial charge in [-0.3, -0.25) is 4.79 Å². The Hall–Kier alpha value is -1.42. The lowest BCUT2D eigenvalue weighted by atomic mass is 9.94. The quantitative estimate of drug-likeness (QED) is 0.862. The van der Waals surface area contributed by atoms with Gasteiger partial charge in [-0.1, -0.05) is 12.1 Å². The largest absolute Gasteiger partial charge is 0.324 e. The van der Waals surface area contributed by atoms with Crippen LogP contribution in [0.25, 0.3) is 0 Å². The molecule has 98 valence electrons. The Balaban J connectivity index is 1.76. The number of hydrogen-bond acceptors (Lipinski definition) is 2. The maximum Gasteiger partial charge on any atom is 0.224 e. The van der Waals surface area contributed by atoms with Gasteiger partial charge in [-0.05, 0) is 50.4 Å². The summed E-state index contributed by atoms with van der Waals surface area (Å²) < 4.78 is 13.3. The molecule has 1 unspecified atom stereocenters. The van der Waals surface area contributed by atoms with Crippen molar-refractivity contribution in [2.45, 2.75) is 25.7 Å². The Morgan fingerprint density at radius 1 is 1.44 bits per heavy atom. The predicted octanol–water partition coefficient (Wildman–Crippen LogP) is 2.54. The minimum absolute atomic E-state index is 0.106. The number of halogens is 1. The molecule has 4 heteroatoms. The number of carbonyl (C=O) groups is 1. The molecule has 0 aliphatic carbocycles. The van der Waals surface area contributed by atoms with Crippen molar-refractivity contribution in [2.75, 3.05) is 18.4 Å².